The van der Waals surface area contributed by atoms with Gasteiger partial charge in [-0.25, -0.2) is 0 Å². The highest BCUT2D eigenvalue weighted by Gasteiger charge is 2.38. The predicted octanol–water partition coefficient (Wildman–Crippen LogP) is 0.552. The fraction of sp³-hybridized carbons (Fsp3) is 1.00. The van der Waals surface area contributed by atoms with Crippen LogP contribution in [0.25, 0.3) is 0 Å². The number of hydrogen-bond acceptors (Lipinski definition) is 4. The SMILES string of the molecule is CN1CC(C)(C)N(CC2CCCO2)CC1CO. The molecule has 2 aliphatic heterocycles. The van der Waals surface area contributed by atoms with Crippen LogP contribution in [0.1, 0.15) is 26.7 Å². The molecule has 0 aliphatic carbocycles. The van der Waals surface area contributed by atoms with E-state index in [1.807, 2.05) is 0 Å². The van der Waals surface area contributed by atoms with Gasteiger partial charge in [0.25, 0.3) is 0 Å². The normalized spacial score (nSPS) is 35.3. The Kier molecular flexibility index (Phi) is 4.08. The van der Waals surface area contributed by atoms with Gasteiger partial charge in [-0.1, -0.05) is 0 Å². The van der Waals surface area contributed by atoms with E-state index in [2.05, 4.69) is 30.7 Å². The molecule has 4 heteroatoms. The zero-order valence-electron chi connectivity index (χ0n) is 11.4. The predicted molar refractivity (Wildman–Crippen MR) is 68.1 cm³/mol. The van der Waals surface area contributed by atoms with Crippen molar-refractivity contribution in [3.8, 4) is 0 Å². The maximum atomic E-state index is 9.41. The molecule has 0 spiro atoms. The van der Waals surface area contributed by atoms with Crippen molar-refractivity contribution in [3.63, 3.8) is 0 Å². The average molecular weight is 242 g/mol. The fourth-order valence-corrected chi connectivity index (χ4v) is 3.03. The lowest BCUT2D eigenvalue weighted by molar-refractivity contribution is -0.0458. The van der Waals surface area contributed by atoms with Gasteiger partial charge >= 0.3 is 0 Å². The molecule has 4 nitrogen and oxygen atoms in total. The molecule has 2 rings (SSSR count). The second-order valence-corrected chi connectivity index (χ2v) is 6.10. The number of likely N-dealkylation sites (N-methyl/N-ethyl adjacent to an activating group) is 1. The Morgan fingerprint density at radius 3 is 2.76 bits per heavy atom. The maximum absolute atomic E-state index is 9.41. The van der Waals surface area contributed by atoms with Crippen molar-refractivity contribution in [2.75, 3.05) is 39.9 Å². The van der Waals surface area contributed by atoms with E-state index in [0.29, 0.717) is 6.10 Å². The van der Waals surface area contributed by atoms with E-state index in [1.54, 1.807) is 0 Å². The summed E-state index contributed by atoms with van der Waals surface area (Å²) in [6.07, 6.45) is 2.78. The van der Waals surface area contributed by atoms with Crippen LogP contribution in [-0.2, 0) is 4.74 Å². The van der Waals surface area contributed by atoms with E-state index in [-0.39, 0.29) is 18.2 Å². The number of aliphatic hydroxyl groups is 1. The maximum Gasteiger partial charge on any atom is 0.0703 e. The molecule has 0 radical (unpaired) electrons. The van der Waals surface area contributed by atoms with Crippen LogP contribution >= 0.6 is 0 Å². The summed E-state index contributed by atoms with van der Waals surface area (Å²) in [5.41, 5.74) is 0.173. The molecule has 100 valence electrons. The third-order valence-corrected chi connectivity index (χ3v) is 4.21. The van der Waals surface area contributed by atoms with Crippen molar-refractivity contribution < 1.29 is 9.84 Å². The summed E-state index contributed by atoms with van der Waals surface area (Å²) < 4.78 is 5.73. The molecule has 0 amide bonds. The van der Waals surface area contributed by atoms with Gasteiger partial charge in [0.2, 0.25) is 0 Å². The van der Waals surface area contributed by atoms with Crippen LogP contribution in [0.2, 0.25) is 0 Å². The van der Waals surface area contributed by atoms with Gasteiger partial charge in [0, 0.05) is 37.8 Å². The number of aliphatic hydroxyl groups excluding tert-OH is 1. The molecule has 2 heterocycles. The molecule has 17 heavy (non-hydrogen) atoms. The van der Waals surface area contributed by atoms with E-state index >= 15 is 0 Å². The van der Waals surface area contributed by atoms with Gasteiger partial charge in [0.1, 0.15) is 0 Å². The Morgan fingerprint density at radius 1 is 1.41 bits per heavy atom. The summed E-state index contributed by atoms with van der Waals surface area (Å²) in [6.45, 7) is 8.69. The van der Waals surface area contributed by atoms with Crippen LogP contribution in [0, 0.1) is 0 Å². The molecule has 2 saturated heterocycles. The largest absolute Gasteiger partial charge is 0.395 e. The molecular weight excluding hydrogens is 216 g/mol. The number of rotatable bonds is 3. The highest BCUT2D eigenvalue weighted by Crippen LogP contribution is 2.25. The van der Waals surface area contributed by atoms with Crippen LogP contribution in [0.4, 0.5) is 0 Å². The number of hydrogen-bond donors (Lipinski definition) is 1. The first-order valence-electron chi connectivity index (χ1n) is 6.70. The van der Waals surface area contributed by atoms with Gasteiger partial charge in [-0.15, -0.1) is 0 Å². The average Bonchev–Trinajstić information content (AvgIpc) is 2.74. The fourth-order valence-electron chi connectivity index (χ4n) is 3.03. The summed E-state index contributed by atoms with van der Waals surface area (Å²) in [5.74, 6) is 0. The topological polar surface area (TPSA) is 35.9 Å². The second-order valence-electron chi connectivity index (χ2n) is 6.10. The summed E-state index contributed by atoms with van der Waals surface area (Å²) in [5, 5.41) is 9.41. The van der Waals surface area contributed by atoms with E-state index in [4.69, 9.17) is 4.74 Å². The minimum absolute atomic E-state index is 0.173. The first-order chi connectivity index (χ1) is 8.03. The quantitative estimate of drug-likeness (QED) is 0.784. The molecule has 0 bridgehead atoms. The van der Waals surface area contributed by atoms with Crippen molar-refractivity contribution in [1.82, 2.24) is 9.80 Å². The van der Waals surface area contributed by atoms with Crippen LogP contribution in [0.5, 0.6) is 0 Å². The molecule has 0 saturated carbocycles. The van der Waals surface area contributed by atoms with Crippen LogP contribution in [0.3, 0.4) is 0 Å². The number of ether oxygens (including phenoxy) is 1. The monoisotopic (exact) mass is 242 g/mol. The van der Waals surface area contributed by atoms with E-state index in [1.165, 1.54) is 12.8 Å². The van der Waals surface area contributed by atoms with Crippen LogP contribution < -0.4 is 0 Å². The Labute approximate surface area is 105 Å². The molecule has 2 atom stereocenters. The van der Waals surface area contributed by atoms with Crippen molar-refractivity contribution in [1.29, 1.82) is 0 Å². The molecular formula is C13H26N2O2. The van der Waals surface area contributed by atoms with Gasteiger partial charge in [-0.2, -0.15) is 0 Å². The van der Waals surface area contributed by atoms with E-state index in [0.717, 1.165) is 26.2 Å². The lowest BCUT2D eigenvalue weighted by atomic mass is 9.95. The first-order valence-corrected chi connectivity index (χ1v) is 6.70. The minimum atomic E-state index is 0.173. The summed E-state index contributed by atoms with van der Waals surface area (Å²) in [4.78, 5) is 4.76. The first kappa shape index (κ1) is 13.3. The number of piperazine rings is 1. The minimum Gasteiger partial charge on any atom is -0.395 e. The van der Waals surface area contributed by atoms with Gasteiger partial charge in [-0.3, -0.25) is 9.80 Å². The van der Waals surface area contributed by atoms with E-state index < -0.39 is 0 Å². The Hall–Kier alpha value is -0.160. The molecule has 1 N–H and O–H groups in total. The van der Waals surface area contributed by atoms with Crippen LogP contribution in [-0.4, -0.2) is 72.5 Å². The molecule has 2 unspecified atom stereocenters. The van der Waals surface area contributed by atoms with E-state index in [9.17, 15) is 5.11 Å². The van der Waals surface area contributed by atoms with Crippen molar-refractivity contribution >= 4 is 0 Å². The molecule has 0 aromatic heterocycles. The highest BCUT2D eigenvalue weighted by atomic mass is 16.5. The Bertz CT molecular complexity index is 250. The zero-order chi connectivity index (χ0) is 12.5. The van der Waals surface area contributed by atoms with Crippen LogP contribution in [0.15, 0.2) is 0 Å². The summed E-state index contributed by atoms with van der Waals surface area (Å²) in [6, 6.07) is 0.268. The standard InChI is InChI=1S/C13H26N2O2/c1-13(2)10-14(3)11(9-16)7-15(13)8-12-5-4-6-17-12/h11-12,16H,4-10H2,1-3H3. The smallest absolute Gasteiger partial charge is 0.0703 e. The lowest BCUT2D eigenvalue weighted by Crippen LogP contribution is -2.64. The highest BCUT2D eigenvalue weighted by molar-refractivity contribution is 4.94. The van der Waals surface area contributed by atoms with Crippen molar-refractivity contribution in [2.24, 2.45) is 0 Å². The summed E-state index contributed by atoms with van der Waals surface area (Å²) >= 11 is 0. The van der Waals surface area contributed by atoms with Crippen molar-refractivity contribution in [2.45, 2.75) is 44.4 Å². The van der Waals surface area contributed by atoms with Gasteiger partial charge in [0.15, 0.2) is 0 Å². The molecule has 2 aliphatic rings. The zero-order valence-corrected chi connectivity index (χ0v) is 11.4. The lowest BCUT2D eigenvalue weighted by Gasteiger charge is -2.50. The Balaban J connectivity index is 1.97. The number of nitrogens with zero attached hydrogens (tertiary/aromatic N) is 2. The third-order valence-electron chi connectivity index (χ3n) is 4.21. The summed E-state index contributed by atoms with van der Waals surface area (Å²) in [7, 11) is 2.10. The van der Waals surface area contributed by atoms with Gasteiger partial charge in [0.05, 0.1) is 12.7 Å². The molecule has 0 aromatic carbocycles. The third kappa shape index (κ3) is 2.99. The molecule has 2 fully saturated rings. The van der Waals surface area contributed by atoms with Crippen molar-refractivity contribution in [3.05, 3.63) is 0 Å². The Morgan fingerprint density at radius 2 is 2.18 bits per heavy atom. The van der Waals surface area contributed by atoms with Gasteiger partial charge in [-0.05, 0) is 33.7 Å². The van der Waals surface area contributed by atoms with Gasteiger partial charge < -0.3 is 9.84 Å². The second kappa shape index (κ2) is 5.22. The molecule has 0 aromatic rings.